The van der Waals surface area contributed by atoms with Crippen LogP contribution in [0.25, 0.3) is 10.8 Å². The Balaban J connectivity index is 1.69. The molecule has 0 aliphatic carbocycles. The number of aromatic nitrogens is 1. The number of esters is 1. The van der Waals surface area contributed by atoms with Crippen LogP contribution in [0.15, 0.2) is 46.4 Å². The molecular weight excluding hydrogens is 348 g/mol. The Morgan fingerprint density at radius 2 is 2.24 bits per heavy atom. The van der Waals surface area contributed by atoms with Crippen LogP contribution in [-0.2, 0) is 11.3 Å². The molecule has 0 saturated carbocycles. The summed E-state index contributed by atoms with van der Waals surface area (Å²) < 4.78 is 15.4. The van der Waals surface area contributed by atoms with Crippen LogP contribution in [0, 0.1) is 10.1 Å². The molecule has 0 bridgehead atoms. The number of carbonyl (C=O) groups excluding carboxylic acids is 1. The fourth-order valence-electron chi connectivity index (χ4n) is 2.07. The SMILES string of the molecule is COc1ccc(C(=O)OCc2coc(-c3cccs3)n2)cc1[N+](=O)[O-]. The topological polar surface area (TPSA) is 105 Å². The highest BCUT2D eigenvalue weighted by atomic mass is 32.1. The van der Waals surface area contributed by atoms with Crippen molar-refractivity contribution < 1.29 is 23.6 Å². The minimum absolute atomic E-state index is 0.0504. The van der Waals surface area contributed by atoms with Crippen molar-refractivity contribution in [1.82, 2.24) is 4.98 Å². The van der Waals surface area contributed by atoms with Gasteiger partial charge in [-0.15, -0.1) is 11.3 Å². The van der Waals surface area contributed by atoms with Crippen LogP contribution in [0.4, 0.5) is 5.69 Å². The quantitative estimate of drug-likeness (QED) is 0.375. The van der Waals surface area contributed by atoms with E-state index in [0.29, 0.717) is 11.6 Å². The first-order valence-corrected chi connectivity index (χ1v) is 7.94. The van der Waals surface area contributed by atoms with Gasteiger partial charge in [0.05, 0.1) is 22.5 Å². The molecule has 0 saturated heterocycles. The summed E-state index contributed by atoms with van der Waals surface area (Å²) in [6.07, 6.45) is 1.40. The first-order valence-electron chi connectivity index (χ1n) is 7.06. The van der Waals surface area contributed by atoms with Crippen molar-refractivity contribution in [2.75, 3.05) is 7.11 Å². The summed E-state index contributed by atoms with van der Waals surface area (Å²) in [6.45, 7) is -0.104. The van der Waals surface area contributed by atoms with E-state index in [-0.39, 0.29) is 23.6 Å². The Kier molecular flexibility index (Phi) is 4.75. The molecule has 3 aromatic rings. The van der Waals surface area contributed by atoms with Gasteiger partial charge >= 0.3 is 11.7 Å². The van der Waals surface area contributed by atoms with E-state index in [0.717, 1.165) is 10.9 Å². The van der Waals surface area contributed by atoms with Crippen LogP contribution >= 0.6 is 11.3 Å². The van der Waals surface area contributed by atoms with Gasteiger partial charge in [0.15, 0.2) is 5.75 Å². The number of methoxy groups -OCH3 is 1. The van der Waals surface area contributed by atoms with Gasteiger partial charge in [-0.05, 0) is 23.6 Å². The number of nitrogens with zero attached hydrogens (tertiary/aromatic N) is 2. The number of rotatable bonds is 6. The Bertz CT molecular complexity index is 903. The zero-order valence-corrected chi connectivity index (χ0v) is 13.8. The molecule has 0 amide bonds. The van der Waals surface area contributed by atoms with E-state index in [1.807, 2.05) is 17.5 Å². The lowest BCUT2D eigenvalue weighted by Crippen LogP contribution is -2.06. The molecule has 0 aliphatic heterocycles. The fraction of sp³-hybridized carbons (Fsp3) is 0.125. The van der Waals surface area contributed by atoms with Crippen LogP contribution < -0.4 is 4.74 Å². The van der Waals surface area contributed by atoms with E-state index in [9.17, 15) is 14.9 Å². The number of nitro benzene ring substituents is 1. The van der Waals surface area contributed by atoms with Crippen LogP contribution in [0.2, 0.25) is 0 Å². The third-order valence-electron chi connectivity index (χ3n) is 3.25. The maximum Gasteiger partial charge on any atom is 0.338 e. The van der Waals surface area contributed by atoms with Crippen molar-refractivity contribution in [2.45, 2.75) is 6.61 Å². The van der Waals surface area contributed by atoms with Crippen molar-refractivity contribution in [3.63, 3.8) is 0 Å². The van der Waals surface area contributed by atoms with Crippen molar-refractivity contribution in [2.24, 2.45) is 0 Å². The highest BCUT2D eigenvalue weighted by molar-refractivity contribution is 7.13. The lowest BCUT2D eigenvalue weighted by molar-refractivity contribution is -0.385. The summed E-state index contributed by atoms with van der Waals surface area (Å²) in [4.78, 5) is 27.6. The minimum atomic E-state index is -0.702. The molecule has 1 aromatic carbocycles. The summed E-state index contributed by atoms with van der Waals surface area (Å²) in [5.41, 5.74) is 0.188. The smallest absolute Gasteiger partial charge is 0.338 e. The largest absolute Gasteiger partial charge is 0.490 e. The Hall–Kier alpha value is -3.20. The summed E-state index contributed by atoms with van der Waals surface area (Å²) in [7, 11) is 1.32. The maximum absolute atomic E-state index is 12.1. The summed E-state index contributed by atoms with van der Waals surface area (Å²) in [5.74, 6) is -0.189. The molecule has 0 N–H and O–H groups in total. The van der Waals surface area contributed by atoms with Gasteiger partial charge in [-0.3, -0.25) is 10.1 Å². The minimum Gasteiger partial charge on any atom is -0.490 e. The molecule has 0 fully saturated rings. The molecule has 8 nitrogen and oxygen atoms in total. The molecule has 0 unspecified atom stereocenters. The third kappa shape index (κ3) is 3.66. The number of carbonyl (C=O) groups is 1. The number of thiophene rings is 1. The average molecular weight is 360 g/mol. The Morgan fingerprint density at radius 1 is 1.40 bits per heavy atom. The first-order chi connectivity index (χ1) is 12.1. The standard InChI is InChI=1S/C16H12N2O6S/c1-22-13-5-4-10(7-12(13)18(20)21)16(19)24-9-11-8-23-15(17-11)14-3-2-6-25-14/h2-8H,9H2,1H3. The normalized spacial score (nSPS) is 10.4. The zero-order chi connectivity index (χ0) is 17.8. The fourth-order valence-corrected chi connectivity index (χ4v) is 2.72. The van der Waals surface area contributed by atoms with Gasteiger partial charge in [-0.25, -0.2) is 9.78 Å². The van der Waals surface area contributed by atoms with Crippen molar-refractivity contribution in [3.05, 3.63) is 63.3 Å². The predicted octanol–water partition coefficient (Wildman–Crippen LogP) is 3.68. The second-order valence-electron chi connectivity index (χ2n) is 4.84. The lowest BCUT2D eigenvalue weighted by Gasteiger charge is -2.05. The van der Waals surface area contributed by atoms with E-state index in [1.165, 1.54) is 36.8 Å². The van der Waals surface area contributed by atoms with Crippen molar-refractivity contribution in [1.29, 1.82) is 0 Å². The van der Waals surface area contributed by atoms with E-state index < -0.39 is 10.9 Å². The third-order valence-corrected chi connectivity index (χ3v) is 4.10. The van der Waals surface area contributed by atoms with Gasteiger partial charge < -0.3 is 13.9 Å². The van der Waals surface area contributed by atoms with E-state index in [4.69, 9.17) is 13.9 Å². The summed E-state index contributed by atoms with van der Waals surface area (Å²) in [6, 6.07) is 7.60. The predicted molar refractivity (Wildman–Crippen MR) is 88.6 cm³/mol. The molecule has 0 radical (unpaired) electrons. The first kappa shape index (κ1) is 16.7. The molecule has 0 spiro atoms. The number of oxazole rings is 1. The highest BCUT2D eigenvalue weighted by Gasteiger charge is 2.19. The number of ether oxygens (including phenoxy) is 2. The number of benzene rings is 1. The van der Waals surface area contributed by atoms with Gasteiger partial charge in [-0.2, -0.15) is 0 Å². The van der Waals surface area contributed by atoms with Crippen molar-refractivity contribution >= 4 is 23.0 Å². The highest BCUT2D eigenvalue weighted by Crippen LogP contribution is 2.28. The number of nitro groups is 1. The Morgan fingerprint density at radius 3 is 2.92 bits per heavy atom. The molecule has 0 aliphatic rings. The van der Waals surface area contributed by atoms with Crippen LogP contribution in [0.5, 0.6) is 5.75 Å². The van der Waals surface area contributed by atoms with Crippen molar-refractivity contribution in [3.8, 4) is 16.5 Å². The van der Waals surface area contributed by atoms with Gasteiger partial charge in [0.1, 0.15) is 18.6 Å². The van der Waals surface area contributed by atoms with E-state index in [2.05, 4.69) is 4.98 Å². The van der Waals surface area contributed by atoms with Gasteiger partial charge in [0, 0.05) is 6.07 Å². The van der Waals surface area contributed by atoms with Gasteiger partial charge in [0.25, 0.3) is 0 Å². The molecule has 9 heteroatoms. The molecule has 2 aromatic heterocycles. The van der Waals surface area contributed by atoms with Crippen LogP contribution in [-0.4, -0.2) is 23.0 Å². The lowest BCUT2D eigenvalue weighted by atomic mass is 10.2. The van der Waals surface area contributed by atoms with Crippen LogP contribution in [0.3, 0.4) is 0 Å². The van der Waals surface area contributed by atoms with Crippen LogP contribution in [0.1, 0.15) is 16.1 Å². The number of hydrogen-bond donors (Lipinski definition) is 0. The molecule has 3 rings (SSSR count). The number of hydrogen-bond acceptors (Lipinski definition) is 8. The molecule has 2 heterocycles. The zero-order valence-electron chi connectivity index (χ0n) is 13.0. The maximum atomic E-state index is 12.1. The van der Waals surface area contributed by atoms with Gasteiger partial charge in [0.2, 0.25) is 5.89 Å². The summed E-state index contributed by atoms with van der Waals surface area (Å²) >= 11 is 1.48. The second kappa shape index (κ2) is 7.14. The monoisotopic (exact) mass is 360 g/mol. The molecule has 0 atom stereocenters. The summed E-state index contributed by atoms with van der Waals surface area (Å²) in [5, 5.41) is 12.9. The van der Waals surface area contributed by atoms with E-state index >= 15 is 0 Å². The van der Waals surface area contributed by atoms with E-state index in [1.54, 1.807) is 0 Å². The molecule has 128 valence electrons. The second-order valence-corrected chi connectivity index (χ2v) is 5.79. The van der Waals surface area contributed by atoms with Gasteiger partial charge in [-0.1, -0.05) is 6.07 Å². The Labute approximate surface area is 145 Å². The molecular formula is C16H12N2O6S. The molecule has 25 heavy (non-hydrogen) atoms. The average Bonchev–Trinajstić information content (AvgIpc) is 3.30.